The fourth-order valence-electron chi connectivity index (χ4n) is 2.92. The topological polar surface area (TPSA) is 76.7 Å². The molecule has 2 N–H and O–H groups in total. The van der Waals surface area contributed by atoms with Crippen molar-refractivity contribution in [3.8, 4) is 11.5 Å². The molecule has 0 heterocycles. The second-order valence-electron chi connectivity index (χ2n) is 6.02. The van der Waals surface area contributed by atoms with Gasteiger partial charge in [-0.25, -0.2) is 0 Å². The van der Waals surface area contributed by atoms with Crippen LogP contribution < -0.4 is 20.1 Å². The molecule has 0 saturated heterocycles. The van der Waals surface area contributed by atoms with Crippen molar-refractivity contribution in [2.75, 3.05) is 20.3 Å². The molecular formula is C18H25ClN2O4. The summed E-state index contributed by atoms with van der Waals surface area (Å²) in [5, 5.41) is 5.90. The Morgan fingerprint density at radius 3 is 2.60 bits per heavy atom. The third kappa shape index (κ3) is 5.53. The van der Waals surface area contributed by atoms with Crippen LogP contribution in [0, 0.1) is 5.92 Å². The lowest BCUT2D eigenvalue weighted by Crippen LogP contribution is -2.38. The lowest BCUT2D eigenvalue weighted by Gasteiger charge is -2.14. The Morgan fingerprint density at radius 1 is 1.24 bits per heavy atom. The Labute approximate surface area is 153 Å². The molecule has 6 nitrogen and oxygen atoms in total. The number of carbonyl (C=O) groups is 2. The molecule has 0 spiro atoms. The van der Waals surface area contributed by atoms with Crippen LogP contribution in [0.25, 0.3) is 0 Å². The van der Waals surface area contributed by atoms with Crippen molar-refractivity contribution in [1.82, 2.24) is 10.6 Å². The summed E-state index contributed by atoms with van der Waals surface area (Å²) >= 11 is 6.21. The SMILES string of the molecule is CCOc1c(Cl)cc(CNC(=O)CNC(=O)C2CCCC2)cc1OC. The second kappa shape index (κ2) is 9.51. The van der Waals surface area contributed by atoms with Gasteiger partial charge in [-0.3, -0.25) is 9.59 Å². The summed E-state index contributed by atoms with van der Waals surface area (Å²) in [7, 11) is 1.54. The van der Waals surface area contributed by atoms with E-state index in [0.29, 0.717) is 29.7 Å². The number of ether oxygens (including phenoxy) is 2. The van der Waals surface area contributed by atoms with Gasteiger partial charge in [0.05, 0.1) is 25.3 Å². The maximum Gasteiger partial charge on any atom is 0.239 e. The number of nitrogens with one attached hydrogen (secondary N) is 2. The van der Waals surface area contributed by atoms with Crippen LogP contribution in [0.3, 0.4) is 0 Å². The molecule has 138 valence electrons. The van der Waals surface area contributed by atoms with E-state index in [1.165, 1.54) is 7.11 Å². The molecule has 2 amide bonds. The van der Waals surface area contributed by atoms with Gasteiger partial charge in [0.15, 0.2) is 11.5 Å². The Kier molecular flexibility index (Phi) is 7.37. The predicted molar refractivity (Wildman–Crippen MR) is 96.0 cm³/mol. The second-order valence-corrected chi connectivity index (χ2v) is 6.43. The van der Waals surface area contributed by atoms with Gasteiger partial charge < -0.3 is 20.1 Å². The van der Waals surface area contributed by atoms with Gasteiger partial charge in [0.2, 0.25) is 11.8 Å². The molecule has 0 aliphatic heterocycles. The predicted octanol–water partition coefficient (Wildman–Crippen LogP) is 2.67. The first-order valence-electron chi connectivity index (χ1n) is 8.58. The molecule has 0 unspecified atom stereocenters. The average molecular weight is 369 g/mol. The van der Waals surface area contributed by atoms with E-state index < -0.39 is 0 Å². The minimum Gasteiger partial charge on any atom is -0.493 e. The highest BCUT2D eigenvalue weighted by molar-refractivity contribution is 6.32. The van der Waals surface area contributed by atoms with E-state index in [9.17, 15) is 9.59 Å². The molecule has 1 aromatic carbocycles. The normalized spacial score (nSPS) is 14.2. The van der Waals surface area contributed by atoms with Crippen LogP contribution in [0.1, 0.15) is 38.2 Å². The molecule has 7 heteroatoms. The standard InChI is InChI=1S/C18H25ClN2O4/c1-3-25-17-14(19)8-12(9-15(17)24-2)10-20-16(22)11-21-18(23)13-6-4-5-7-13/h8-9,13H,3-7,10-11H2,1-2H3,(H,20,22)(H,21,23). The third-order valence-electron chi connectivity index (χ3n) is 4.22. The van der Waals surface area contributed by atoms with Gasteiger partial charge in [-0.1, -0.05) is 24.4 Å². The third-order valence-corrected chi connectivity index (χ3v) is 4.50. The first kappa shape index (κ1) is 19.4. The first-order valence-corrected chi connectivity index (χ1v) is 8.96. The van der Waals surface area contributed by atoms with Crippen molar-refractivity contribution in [2.24, 2.45) is 5.92 Å². The molecule has 0 aromatic heterocycles. The Bertz CT molecular complexity index is 615. The number of rotatable bonds is 8. The molecule has 1 aliphatic carbocycles. The summed E-state index contributed by atoms with van der Waals surface area (Å²) in [4.78, 5) is 23.8. The van der Waals surface area contributed by atoms with E-state index in [-0.39, 0.29) is 24.3 Å². The molecular weight excluding hydrogens is 344 g/mol. The van der Waals surface area contributed by atoms with Gasteiger partial charge in [0, 0.05) is 12.5 Å². The highest BCUT2D eigenvalue weighted by Crippen LogP contribution is 2.36. The van der Waals surface area contributed by atoms with Crippen LogP contribution in [-0.4, -0.2) is 32.1 Å². The van der Waals surface area contributed by atoms with Gasteiger partial charge in [-0.05, 0) is 37.5 Å². The molecule has 2 rings (SSSR count). The average Bonchev–Trinajstić information content (AvgIpc) is 3.14. The maximum atomic E-state index is 11.9. The number of halogens is 1. The molecule has 1 aromatic rings. The summed E-state index contributed by atoms with van der Waals surface area (Å²) in [5.74, 6) is 0.800. The number of amides is 2. The Morgan fingerprint density at radius 2 is 1.96 bits per heavy atom. The summed E-state index contributed by atoms with van der Waals surface area (Å²) in [5.41, 5.74) is 0.792. The highest BCUT2D eigenvalue weighted by atomic mass is 35.5. The number of hydrogen-bond acceptors (Lipinski definition) is 4. The largest absolute Gasteiger partial charge is 0.493 e. The van der Waals surface area contributed by atoms with E-state index in [1.807, 2.05) is 6.92 Å². The molecule has 0 radical (unpaired) electrons. The zero-order valence-corrected chi connectivity index (χ0v) is 15.4. The van der Waals surface area contributed by atoms with Crippen LogP contribution in [0.2, 0.25) is 5.02 Å². The number of carbonyl (C=O) groups excluding carboxylic acids is 2. The Hall–Kier alpha value is -1.95. The van der Waals surface area contributed by atoms with Crippen molar-refractivity contribution in [2.45, 2.75) is 39.2 Å². The van der Waals surface area contributed by atoms with Crippen LogP contribution in [0.4, 0.5) is 0 Å². The lowest BCUT2D eigenvalue weighted by molar-refractivity contribution is -0.128. The lowest BCUT2D eigenvalue weighted by atomic mass is 10.1. The van der Waals surface area contributed by atoms with Gasteiger partial charge in [-0.15, -0.1) is 0 Å². The van der Waals surface area contributed by atoms with Crippen molar-refractivity contribution < 1.29 is 19.1 Å². The van der Waals surface area contributed by atoms with Crippen molar-refractivity contribution in [3.63, 3.8) is 0 Å². The van der Waals surface area contributed by atoms with Gasteiger partial charge >= 0.3 is 0 Å². The summed E-state index contributed by atoms with van der Waals surface area (Å²) in [6.07, 6.45) is 4.01. The van der Waals surface area contributed by atoms with Crippen molar-refractivity contribution in [1.29, 1.82) is 0 Å². The molecule has 0 bridgehead atoms. The van der Waals surface area contributed by atoms with Crippen molar-refractivity contribution in [3.05, 3.63) is 22.7 Å². The minimum absolute atomic E-state index is 0.0166. The van der Waals surface area contributed by atoms with E-state index in [2.05, 4.69) is 10.6 Å². The summed E-state index contributed by atoms with van der Waals surface area (Å²) in [6, 6.07) is 3.50. The van der Waals surface area contributed by atoms with Crippen LogP contribution >= 0.6 is 11.6 Å². The molecule has 1 fully saturated rings. The van der Waals surface area contributed by atoms with Gasteiger partial charge in [-0.2, -0.15) is 0 Å². The molecule has 25 heavy (non-hydrogen) atoms. The van der Waals surface area contributed by atoms with E-state index in [1.54, 1.807) is 12.1 Å². The quantitative estimate of drug-likeness (QED) is 0.739. The van der Waals surface area contributed by atoms with E-state index in [4.69, 9.17) is 21.1 Å². The minimum atomic E-state index is -0.240. The van der Waals surface area contributed by atoms with Gasteiger partial charge in [0.25, 0.3) is 0 Å². The molecule has 1 saturated carbocycles. The van der Waals surface area contributed by atoms with E-state index in [0.717, 1.165) is 31.2 Å². The van der Waals surface area contributed by atoms with E-state index >= 15 is 0 Å². The zero-order chi connectivity index (χ0) is 18.2. The van der Waals surface area contributed by atoms with Crippen molar-refractivity contribution >= 4 is 23.4 Å². The summed E-state index contributed by atoms with van der Waals surface area (Å²) in [6.45, 7) is 2.62. The van der Waals surface area contributed by atoms with Crippen LogP contribution in [-0.2, 0) is 16.1 Å². The monoisotopic (exact) mass is 368 g/mol. The first-order chi connectivity index (χ1) is 12.0. The smallest absolute Gasteiger partial charge is 0.239 e. The number of benzene rings is 1. The van der Waals surface area contributed by atoms with Crippen LogP contribution in [0.5, 0.6) is 11.5 Å². The fourth-order valence-corrected chi connectivity index (χ4v) is 3.21. The Balaban J connectivity index is 1.84. The van der Waals surface area contributed by atoms with Gasteiger partial charge in [0.1, 0.15) is 0 Å². The maximum absolute atomic E-state index is 11.9. The summed E-state index contributed by atoms with van der Waals surface area (Å²) < 4.78 is 10.7. The fraction of sp³-hybridized carbons (Fsp3) is 0.556. The highest BCUT2D eigenvalue weighted by Gasteiger charge is 2.22. The molecule has 1 aliphatic rings. The number of methoxy groups -OCH3 is 1. The zero-order valence-electron chi connectivity index (χ0n) is 14.7. The number of hydrogen-bond donors (Lipinski definition) is 2. The van der Waals surface area contributed by atoms with Crippen LogP contribution in [0.15, 0.2) is 12.1 Å². The molecule has 0 atom stereocenters.